The minimum absolute atomic E-state index is 0.447. The molecule has 0 amide bonds. The number of aryl methyl sites for hydroxylation is 1. The van der Waals surface area contributed by atoms with E-state index in [1.54, 1.807) is 0 Å². The molecule has 1 nitrogen and oxygen atoms in total. The molecule has 2 aromatic carbocycles. The molecular weight excluding hydrogens is 208 g/mol. The summed E-state index contributed by atoms with van der Waals surface area (Å²) in [5.41, 5.74) is 2.44. The zero-order valence-corrected chi connectivity index (χ0v) is 10.2. The van der Waals surface area contributed by atoms with Gasteiger partial charge < -0.3 is 5.11 Å². The molecule has 17 heavy (non-hydrogen) atoms. The Bertz CT molecular complexity index is 551. The van der Waals surface area contributed by atoms with E-state index < -0.39 is 0 Å². The molecule has 1 heteroatoms. The number of phenols is 1. The molecule has 0 aromatic heterocycles. The van der Waals surface area contributed by atoms with Gasteiger partial charge in [0, 0.05) is 5.39 Å². The molecule has 0 radical (unpaired) electrons. The number of fused-ring (bicyclic) bond motifs is 1. The van der Waals surface area contributed by atoms with Crippen molar-refractivity contribution in [3.8, 4) is 5.75 Å². The van der Waals surface area contributed by atoms with Gasteiger partial charge in [0.05, 0.1) is 0 Å². The first kappa shape index (κ1) is 10.6. The minimum atomic E-state index is 0.447. The summed E-state index contributed by atoms with van der Waals surface area (Å²) in [6.07, 6.45) is 5.29. The first-order chi connectivity index (χ1) is 8.27. The topological polar surface area (TPSA) is 20.2 Å². The monoisotopic (exact) mass is 226 g/mol. The van der Waals surface area contributed by atoms with Crippen LogP contribution in [0.4, 0.5) is 0 Å². The second kappa shape index (κ2) is 4.06. The van der Waals surface area contributed by atoms with Gasteiger partial charge in [-0.25, -0.2) is 0 Å². The fraction of sp³-hybridized carbons (Fsp3) is 0.375. The summed E-state index contributed by atoms with van der Waals surface area (Å²) in [6.45, 7) is 2.00. The van der Waals surface area contributed by atoms with E-state index >= 15 is 0 Å². The van der Waals surface area contributed by atoms with Gasteiger partial charge in [-0.3, -0.25) is 0 Å². The van der Waals surface area contributed by atoms with Crippen LogP contribution >= 0.6 is 0 Å². The largest absolute Gasteiger partial charge is 0.507 e. The van der Waals surface area contributed by atoms with Crippen molar-refractivity contribution in [1.29, 1.82) is 0 Å². The molecule has 3 rings (SSSR count). The zero-order valence-electron chi connectivity index (χ0n) is 10.2. The van der Waals surface area contributed by atoms with Gasteiger partial charge in [0.25, 0.3) is 0 Å². The molecule has 0 saturated heterocycles. The molecule has 2 aromatic rings. The van der Waals surface area contributed by atoms with Crippen LogP contribution in [0.3, 0.4) is 0 Å². The highest BCUT2D eigenvalue weighted by atomic mass is 16.3. The second-order valence-corrected chi connectivity index (χ2v) is 5.16. The third kappa shape index (κ3) is 1.70. The van der Waals surface area contributed by atoms with Gasteiger partial charge in [-0.15, -0.1) is 0 Å². The maximum atomic E-state index is 10.1. The van der Waals surface area contributed by atoms with Crippen LogP contribution in [-0.2, 0) is 0 Å². The first-order valence-electron chi connectivity index (χ1n) is 6.48. The standard InChI is InChI=1S/C16H18O/c1-11-10-15(12-6-2-3-7-12)13-8-4-5-9-14(13)16(11)17/h4-5,8-10,12,17H,2-3,6-7H2,1H3. The summed E-state index contributed by atoms with van der Waals surface area (Å²) in [6, 6.07) is 10.4. The summed E-state index contributed by atoms with van der Waals surface area (Å²) in [7, 11) is 0. The van der Waals surface area contributed by atoms with Gasteiger partial charge in [0.1, 0.15) is 5.75 Å². The summed E-state index contributed by atoms with van der Waals surface area (Å²) in [4.78, 5) is 0. The van der Waals surface area contributed by atoms with E-state index in [0.717, 1.165) is 10.9 Å². The molecule has 1 aliphatic rings. The van der Waals surface area contributed by atoms with Crippen molar-refractivity contribution in [1.82, 2.24) is 0 Å². The number of hydrogen-bond acceptors (Lipinski definition) is 1. The normalized spacial score (nSPS) is 16.8. The summed E-state index contributed by atoms with van der Waals surface area (Å²) < 4.78 is 0. The lowest BCUT2D eigenvalue weighted by atomic mass is 9.90. The Kier molecular flexibility index (Phi) is 2.54. The molecule has 1 saturated carbocycles. The van der Waals surface area contributed by atoms with Crippen molar-refractivity contribution >= 4 is 10.8 Å². The number of aromatic hydroxyl groups is 1. The van der Waals surface area contributed by atoms with Crippen LogP contribution in [0, 0.1) is 6.92 Å². The third-order valence-electron chi connectivity index (χ3n) is 4.03. The lowest BCUT2D eigenvalue weighted by Gasteiger charge is -2.15. The van der Waals surface area contributed by atoms with Gasteiger partial charge in [-0.2, -0.15) is 0 Å². The van der Waals surface area contributed by atoms with Crippen LogP contribution in [0.2, 0.25) is 0 Å². The van der Waals surface area contributed by atoms with Crippen LogP contribution in [0.5, 0.6) is 5.75 Å². The second-order valence-electron chi connectivity index (χ2n) is 5.16. The lowest BCUT2D eigenvalue weighted by molar-refractivity contribution is 0.477. The molecule has 1 aliphatic carbocycles. The Morgan fingerprint density at radius 2 is 1.71 bits per heavy atom. The zero-order chi connectivity index (χ0) is 11.8. The van der Waals surface area contributed by atoms with Crippen molar-refractivity contribution in [2.24, 2.45) is 0 Å². The van der Waals surface area contributed by atoms with Crippen molar-refractivity contribution in [3.63, 3.8) is 0 Å². The smallest absolute Gasteiger partial charge is 0.126 e. The summed E-state index contributed by atoms with van der Waals surface area (Å²) in [5, 5.41) is 12.4. The van der Waals surface area contributed by atoms with Gasteiger partial charge >= 0.3 is 0 Å². The van der Waals surface area contributed by atoms with Crippen molar-refractivity contribution in [3.05, 3.63) is 41.5 Å². The third-order valence-corrected chi connectivity index (χ3v) is 4.03. The molecule has 1 fully saturated rings. The quantitative estimate of drug-likeness (QED) is 0.758. The number of hydrogen-bond donors (Lipinski definition) is 1. The first-order valence-corrected chi connectivity index (χ1v) is 6.48. The van der Waals surface area contributed by atoms with Gasteiger partial charge in [0.2, 0.25) is 0 Å². The molecule has 0 spiro atoms. The molecule has 1 N–H and O–H groups in total. The fourth-order valence-electron chi connectivity index (χ4n) is 3.11. The van der Waals surface area contributed by atoms with E-state index in [1.807, 2.05) is 19.1 Å². The van der Waals surface area contributed by atoms with Gasteiger partial charge in [-0.05, 0) is 42.2 Å². The van der Waals surface area contributed by atoms with E-state index in [-0.39, 0.29) is 0 Å². The van der Waals surface area contributed by atoms with Crippen molar-refractivity contribution < 1.29 is 5.11 Å². The predicted octanol–water partition coefficient (Wildman–Crippen LogP) is 4.51. The average Bonchev–Trinajstić information content (AvgIpc) is 2.87. The Morgan fingerprint density at radius 1 is 1.06 bits per heavy atom. The fourth-order valence-corrected chi connectivity index (χ4v) is 3.11. The van der Waals surface area contributed by atoms with Crippen LogP contribution in [0.1, 0.15) is 42.7 Å². The maximum absolute atomic E-state index is 10.1. The molecule has 0 atom stereocenters. The molecule has 0 heterocycles. The number of rotatable bonds is 1. The summed E-state index contributed by atoms with van der Waals surface area (Å²) in [5.74, 6) is 1.14. The Balaban J connectivity index is 2.26. The van der Waals surface area contributed by atoms with E-state index in [0.29, 0.717) is 11.7 Å². The lowest BCUT2D eigenvalue weighted by Crippen LogP contribution is -1.95. The van der Waals surface area contributed by atoms with Gasteiger partial charge in [-0.1, -0.05) is 43.2 Å². The number of phenolic OH excluding ortho intramolecular Hbond substituents is 1. The minimum Gasteiger partial charge on any atom is -0.507 e. The number of benzene rings is 2. The van der Waals surface area contributed by atoms with E-state index in [1.165, 1.54) is 36.6 Å². The van der Waals surface area contributed by atoms with Crippen LogP contribution in [0.25, 0.3) is 10.8 Å². The van der Waals surface area contributed by atoms with Crippen LogP contribution in [-0.4, -0.2) is 5.11 Å². The SMILES string of the molecule is Cc1cc(C2CCCC2)c2ccccc2c1O. The predicted molar refractivity (Wildman–Crippen MR) is 71.6 cm³/mol. The molecule has 88 valence electrons. The van der Waals surface area contributed by atoms with Crippen LogP contribution in [0.15, 0.2) is 30.3 Å². The molecular formula is C16H18O. The Hall–Kier alpha value is -1.50. The molecule has 0 unspecified atom stereocenters. The highest BCUT2D eigenvalue weighted by Crippen LogP contribution is 2.41. The highest BCUT2D eigenvalue weighted by molar-refractivity contribution is 5.92. The molecule has 0 bridgehead atoms. The van der Waals surface area contributed by atoms with E-state index in [4.69, 9.17) is 0 Å². The van der Waals surface area contributed by atoms with Crippen LogP contribution < -0.4 is 0 Å². The highest BCUT2D eigenvalue weighted by Gasteiger charge is 2.20. The maximum Gasteiger partial charge on any atom is 0.126 e. The summed E-state index contributed by atoms with van der Waals surface area (Å²) >= 11 is 0. The Labute approximate surface area is 102 Å². The van der Waals surface area contributed by atoms with E-state index in [2.05, 4.69) is 18.2 Å². The average molecular weight is 226 g/mol. The molecule has 0 aliphatic heterocycles. The Morgan fingerprint density at radius 3 is 2.41 bits per heavy atom. The van der Waals surface area contributed by atoms with Crippen molar-refractivity contribution in [2.45, 2.75) is 38.5 Å². The van der Waals surface area contributed by atoms with Gasteiger partial charge in [0.15, 0.2) is 0 Å². The van der Waals surface area contributed by atoms with E-state index in [9.17, 15) is 5.11 Å². The van der Waals surface area contributed by atoms with Crippen molar-refractivity contribution in [2.75, 3.05) is 0 Å².